The molecular formula is C12H15NO4. The van der Waals surface area contributed by atoms with E-state index in [4.69, 9.17) is 20.3 Å². The summed E-state index contributed by atoms with van der Waals surface area (Å²) < 4.78 is 11.1. The molecule has 0 amide bonds. The van der Waals surface area contributed by atoms with E-state index in [0.717, 1.165) is 0 Å². The zero-order valence-corrected chi connectivity index (χ0v) is 9.33. The van der Waals surface area contributed by atoms with Crippen molar-refractivity contribution >= 4 is 5.97 Å². The van der Waals surface area contributed by atoms with Crippen LogP contribution in [0.2, 0.25) is 0 Å². The van der Waals surface area contributed by atoms with E-state index in [2.05, 4.69) is 0 Å². The predicted octanol–water partition coefficient (Wildman–Crippen LogP) is 0.876. The Morgan fingerprint density at radius 2 is 1.88 bits per heavy atom. The van der Waals surface area contributed by atoms with Gasteiger partial charge in [0.1, 0.15) is 6.04 Å². The van der Waals surface area contributed by atoms with Crippen molar-refractivity contribution in [3.63, 3.8) is 0 Å². The molecule has 92 valence electrons. The third-order valence-electron chi connectivity index (χ3n) is 2.70. The zero-order chi connectivity index (χ0) is 12.3. The van der Waals surface area contributed by atoms with Crippen LogP contribution in [0.1, 0.15) is 6.42 Å². The number of nitrogens with two attached hydrogens (primary N) is 1. The monoisotopic (exact) mass is 237 g/mol. The Morgan fingerprint density at radius 1 is 1.35 bits per heavy atom. The number of carboxylic acid groups (broad SMARTS) is 1. The van der Waals surface area contributed by atoms with Crippen LogP contribution >= 0.6 is 0 Å². The molecule has 1 aliphatic heterocycles. The van der Waals surface area contributed by atoms with Gasteiger partial charge in [0.05, 0.1) is 13.2 Å². The van der Waals surface area contributed by atoms with Gasteiger partial charge in [0.25, 0.3) is 0 Å². The minimum atomic E-state index is -0.994. The summed E-state index contributed by atoms with van der Waals surface area (Å²) in [6.07, 6.45) is 0.351. The summed E-state index contributed by atoms with van der Waals surface area (Å²) in [4.78, 5) is 10.7. The minimum absolute atomic E-state index is 0.00602. The van der Waals surface area contributed by atoms with Crippen LogP contribution in [-0.2, 0) is 4.79 Å². The summed E-state index contributed by atoms with van der Waals surface area (Å²) in [6, 6.07) is 6.52. The molecule has 0 fully saturated rings. The summed E-state index contributed by atoms with van der Waals surface area (Å²) >= 11 is 0. The Morgan fingerprint density at radius 3 is 2.35 bits per heavy atom. The molecule has 1 aromatic rings. The second-order valence-electron chi connectivity index (χ2n) is 4.12. The predicted molar refractivity (Wildman–Crippen MR) is 61.2 cm³/mol. The molecule has 0 radical (unpaired) electrons. The van der Waals surface area contributed by atoms with Crippen molar-refractivity contribution in [1.29, 1.82) is 0 Å². The van der Waals surface area contributed by atoms with Gasteiger partial charge in [0, 0.05) is 5.92 Å². The van der Waals surface area contributed by atoms with Gasteiger partial charge < -0.3 is 20.3 Å². The summed E-state index contributed by atoms with van der Waals surface area (Å²) in [5, 5.41) is 8.75. The van der Waals surface area contributed by atoms with Gasteiger partial charge in [0.15, 0.2) is 11.5 Å². The van der Waals surface area contributed by atoms with Crippen LogP contribution in [0, 0.1) is 5.92 Å². The zero-order valence-electron chi connectivity index (χ0n) is 9.33. The summed E-state index contributed by atoms with van der Waals surface area (Å²) in [7, 11) is 0. The van der Waals surface area contributed by atoms with E-state index in [-0.39, 0.29) is 5.92 Å². The van der Waals surface area contributed by atoms with Gasteiger partial charge >= 0.3 is 5.97 Å². The van der Waals surface area contributed by atoms with Crippen LogP contribution in [0.15, 0.2) is 24.3 Å². The molecule has 0 saturated heterocycles. The Labute approximate surface area is 99.1 Å². The first kappa shape index (κ1) is 11.7. The van der Waals surface area contributed by atoms with Gasteiger partial charge in [-0.1, -0.05) is 12.1 Å². The fourth-order valence-corrected chi connectivity index (χ4v) is 1.75. The summed E-state index contributed by atoms with van der Waals surface area (Å²) in [5.41, 5.74) is 5.49. The minimum Gasteiger partial charge on any atom is -0.489 e. The lowest BCUT2D eigenvalue weighted by atomic mass is 10.0. The fraction of sp³-hybridized carbons (Fsp3) is 0.417. The molecule has 0 bridgehead atoms. The van der Waals surface area contributed by atoms with Crippen LogP contribution in [0.25, 0.3) is 0 Å². The first-order chi connectivity index (χ1) is 8.16. The lowest BCUT2D eigenvalue weighted by Crippen LogP contribution is -2.35. The number of ether oxygens (including phenoxy) is 2. The van der Waals surface area contributed by atoms with Crippen LogP contribution < -0.4 is 15.2 Å². The summed E-state index contributed by atoms with van der Waals surface area (Å²) in [5.74, 6) is 0.387. The number of para-hydroxylation sites is 2. The molecule has 1 aliphatic rings. The maximum Gasteiger partial charge on any atom is 0.320 e. The second-order valence-corrected chi connectivity index (χ2v) is 4.12. The number of carbonyl (C=O) groups is 1. The van der Waals surface area contributed by atoms with Gasteiger partial charge in [-0.25, -0.2) is 0 Å². The highest BCUT2D eigenvalue weighted by Gasteiger charge is 2.23. The van der Waals surface area contributed by atoms with Crippen LogP contribution in [0.4, 0.5) is 0 Å². The maximum atomic E-state index is 10.7. The maximum absolute atomic E-state index is 10.7. The molecule has 0 aliphatic carbocycles. The molecule has 1 atom stereocenters. The van der Waals surface area contributed by atoms with E-state index in [0.29, 0.717) is 31.1 Å². The van der Waals surface area contributed by atoms with Crippen molar-refractivity contribution in [2.24, 2.45) is 11.7 Å². The van der Waals surface area contributed by atoms with Gasteiger partial charge in [-0.15, -0.1) is 0 Å². The number of carboxylic acids is 1. The second kappa shape index (κ2) is 5.05. The molecule has 2 rings (SSSR count). The lowest BCUT2D eigenvalue weighted by Gasteiger charge is -2.15. The molecule has 1 aromatic carbocycles. The van der Waals surface area contributed by atoms with Crippen LogP contribution in [0.3, 0.4) is 0 Å². The van der Waals surface area contributed by atoms with E-state index in [1.807, 2.05) is 24.3 Å². The highest BCUT2D eigenvalue weighted by Crippen LogP contribution is 2.30. The van der Waals surface area contributed by atoms with Crippen molar-refractivity contribution in [3.8, 4) is 11.5 Å². The largest absolute Gasteiger partial charge is 0.489 e. The van der Waals surface area contributed by atoms with Crippen molar-refractivity contribution in [1.82, 2.24) is 0 Å². The number of benzene rings is 1. The quantitative estimate of drug-likeness (QED) is 0.815. The Kier molecular flexibility index (Phi) is 3.49. The molecule has 0 aromatic heterocycles. The fourth-order valence-electron chi connectivity index (χ4n) is 1.75. The SMILES string of the molecule is NC(CC1COc2ccccc2OC1)C(=O)O. The van der Waals surface area contributed by atoms with Crippen molar-refractivity contribution < 1.29 is 19.4 Å². The molecule has 0 spiro atoms. The van der Waals surface area contributed by atoms with Gasteiger partial charge in [0.2, 0.25) is 0 Å². The first-order valence-electron chi connectivity index (χ1n) is 5.50. The highest BCUT2D eigenvalue weighted by atomic mass is 16.5. The topological polar surface area (TPSA) is 81.8 Å². The molecule has 5 heteroatoms. The van der Waals surface area contributed by atoms with E-state index in [1.54, 1.807) is 0 Å². The number of hydrogen-bond acceptors (Lipinski definition) is 4. The van der Waals surface area contributed by atoms with E-state index in [9.17, 15) is 4.79 Å². The standard InChI is InChI=1S/C12H15NO4/c13-9(12(14)15)5-8-6-16-10-3-1-2-4-11(10)17-7-8/h1-4,8-9H,5-7,13H2,(H,14,15). The Balaban J connectivity index is 1.97. The Hall–Kier alpha value is -1.75. The third kappa shape index (κ3) is 2.88. The van der Waals surface area contributed by atoms with E-state index in [1.165, 1.54) is 0 Å². The molecule has 0 saturated carbocycles. The van der Waals surface area contributed by atoms with Crippen molar-refractivity contribution in [2.45, 2.75) is 12.5 Å². The molecular weight excluding hydrogens is 222 g/mol. The van der Waals surface area contributed by atoms with Crippen molar-refractivity contribution in [2.75, 3.05) is 13.2 Å². The lowest BCUT2D eigenvalue weighted by molar-refractivity contribution is -0.139. The molecule has 17 heavy (non-hydrogen) atoms. The normalized spacial score (nSPS) is 17.2. The van der Waals surface area contributed by atoms with Gasteiger partial charge in [-0.05, 0) is 18.6 Å². The Bertz CT molecular complexity index is 380. The van der Waals surface area contributed by atoms with Crippen LogP contribution in [0.5, 0.6) is 11.5 Å². The first-order valence-corrected chi connectivity index (χ1v) is 5.50. The molecule has 1 heterocycles. The van der Waals surface area contributed by atoms with Gasteiger partial charge in [-0.3, -0.25) is 4.79 Å². The van der Waals surface area contributed by atoms with Crippen LogP contribution in [-0.4, -0.2) is 30.3 Å². The van der Waals surface area contributed by atoms with E-state index >= 15 is 0 Å². The highest BCUT2D eigenvalue weighted by molar-refractivity contribution is 5.73. The van der Waals surface area contributed by atoms with Crippen molar-refractivity contribution in [3.05, 3.63) is 24.3 Å². The number of hydrogen-bond donors (Lipinski definition) is 2. The molecule has 5 nitrogen and oxygen atoms in total. The number of rotatable bonds is 3. The molecule has 1 unspecified atom stereocenters. The smallest absolute Gasteiger partial charge is 0.320 e. The average molecular weight is 237 g/mol. The molecule has 3 N–H and O–H groups in total. The third-order valence-corrected chi connectivity index (χ3v) is 2.70. The van der Waals surface area contributed by atoms with Gasteiger partial charge in [-0.2, -0.15) is 0 Å². The van der Waals surface area contributed by atoms with E-state index < -0.39 is 12.0 Å². The average Bonchev–Trinajstić information content (AvgIpc) is 2.52. The summed E-state index contributed by atoms with van der Waals surface area (Å²) in [6.45, 7) is 0.857. The number of fused-ring (bicyclic) bond motifs is 1. The number of aliphatic carboxylic acids is 1.